The summed E-state index contributed by atoms with van der Waals surface area (Å²) in [6.07, 6.45) is -0.631. The molecular weight excluding hydrogens is 630 g/mol. The summed E-state index contributed by atoms with van der Waals surface area (Å²) >= 11 is 12.6. The fraction of sp³-hybridized carbons (Fsp3) is 0.375. The third kappa shape index (κ3) is 5.98. The van der Waals surface area contributed by atoms with E-state index in [0.29, 0.717) is 21.2 Å². The van der Waals surface area contributed by atoms with Gasteiger partial charge in [-0.2, -0.15) is 0 Å². The van der Waals surface area contributed by atoms with Crippen molar-refractivity contribution in [2.24, 2.45) is 5.92 Å². The van der Waals surface area contributed by atoms with E-state index >= 15 is 0 Å². The first-order valence-corrected chi connectivity index (χ1v) is 16.7. The van der Waals surface area contributed by atoms with Gasteiger partial charge >= 0.3 is 5.97 Å². The monoisotopic (exact) mass is 660 g/mol. The van der Waals surface area contributed by atoms with Crippen LogP contribution in [0.25, 0.3) is 0 Å². The Labute approximate surface area is 265 Å². The van der Waals surface area contributed by atoms with Crippen molar-refractivity contribution >= 4 is 45.1 Å². The average Bonchev–Trinajstić information content (AvgIpc) is 3.90. The van der Waals surface area contributed by atoms with Gasteiger partial charge in [0.2, 0.25) is 10.0 Å². The van der Waals surface area contributed by atoms with Gasteiger partial charge in [0, 0.05) is 28.2 Å². The van der Waals surface area contributed by atoms with Crippen LogP contribution in [0.2, 0.25) is 10.0 Å². The molecule has 1 amide bonds. The Morgan fingerprint density at radius 1 is 1.02 bits per heavy atom. The molecule has 3 aromatic rings. The van der Waals surface area contributed by atoms with Gasteiger partial charge in [-0.15, -0.1) is 0 Å². The third-order valence-electron chi connectivity index (χ3n) is 8.77. The number of hydrogen-bond donors (Lipinski definition) is 2. The number of benzene rings is 3. The SMILES string of the molecule is O=C(O)C[C@H]1O[C@H](c2cccc(Cl)c2)[C@@H](c2ccc(Cl)cc2)N([C@H](CNS(=O)(=O)C2(c3ccccc3F)CC2)C2CC2)C1=O. The van der Waals surface area contributed by atoms with Gasteiger partial charge in [-0.1, -0.05) is 65.7 Å². The van der Waals surface area contributed by atoms with Gasteiger partial charge in [0.25, 0.3) is 5.91 Å². The van der Waals surface area contributed by atoms with Crippen molar-refractivity contribution in [3.63, 3.8) is 0 Å². The molecule has 1 saturated heterocycles. The van der Waals surface area contributed by atoms with E-state index in [4.69, 9.17) is 27.9 Å². The number of hydrogen-bond acceptors (Lipinski definition) is 5. The van der Waals surface area contributed by atoms with Crippen molar-refractivity contribution in [2.75, 3.05) is 6.54 Å². The minimum absolute atomic E-state index is 0.0383. The van der Waals surface area contributed by atoms with Crippen LogP contribution in [0, 0.1) is 11.7 Å². The lowest BCUT2D eigenvalue weighted by atomic mass is 9.89. The summed E-state index contributed by atoms with van der Waals surface area (Å²) in [5.41, 5.74) is 1.44. The first-order chi connectivity index (χ1) is 21.0. The Balaban J connectivity index is 1.40. The van der Waals surface area contributed by atoms with Gasteiger partial charge in [0.05, 0.1) is 12.5 Å². The van der Waals surface area contributed by atoms with Gasteiger partial charge in [-0.3, -0.25) is 9.59 Å². The second kappa shape index (κ2) is 12.1. The van der Waals surface area contributed by atoms with Gasteiger partial charge in [0.1, 0.15) is 22.8 Å². The van der Waals surface area contributed by atoms with Gasteiger partial charge in [-0.05, 0) is 73.1 Å². The largest absolute Gasteiger partial charge is 0.481 e. The Morgan fingerprint density at radius 3 is 2.34 bits per heavy atom. The normalized spacial score (nSPS) is 23.8. The zero-order valence-corrected chi connectivity index (χ0v) is 25.9. The van der Waals surface area contributed by atoms with Crippen molar-refractivity contribution in [1.29, 1.82) is 0 Å². The summed E-state index contributed by atoms with van der Waals surface area (Å²) in [7, 11) is -4.06. The maximum absolute atomic E-state index is 14.8. The highest BCUT2D eigenvalue weighted by Crippen LogP contribution is 2.53. The van der Waals surface area contributed by atoms with E-state index in [9.17, 15) is 27.5 Å². The second-order valence-corrected chi connectivity index (χ2v) is 14.6. The van der Waals surface area contributed by atoms with E-state index in [1.165, 1.54) is 18.2 Å². The maximum atomic E-state index is 14.8. The van der Waals surface area contributed by atoms with Crippen LogP contribution in [0.15, 0.2) is 72.8 Å². The first-order valence-electron chi connectivity index (χ1n) is 14.5. The second-order valence-electron chi connectivity index (χ2n) is 11.7. The van der Waals surface area contributed by atoms with Crippen molar-refractivity contribution in [3.8, 4) is 0 Å². The maximum Gasteiger partial charge on any atom is 0.306 e. The highest BCUT2D eigenvalue weighted by Gasteiger charge is 2.58. The molecule has 1 heterocycles. The van der Waals surface area contributed by atoms with Gasteiger partial charge < -0.3 is 14.7 Å². The molecule has 232 valence electrons. The average molecular weight is 662 g/mol. The first kappa shape index (κ1) is 31.0. The van der Waals surface area contributed by atoms with Crippen molar-refractivity contribution in [1.82, 2.24) is 9.62 Å². The summed E-state index contributed by atoms with van der Waals surface area (Å²) in [4.78, 5) is 27.6. The molecule has 1 aliphatic heterocycles. The molecule has 4 atom stereocenters. The molecule has 12 heteroatoms. The lowest BCUT2D eigenvalue weighted by Gasteiger charge is -2.48. The van der Waals surface area contributed by atoms with E-state index in [2.05, 4.69) is 4.72 Å². The molecule has 2 aliphatic carbocycles. The molecule has 0 aromatic heterocycles. The molecule has 3 fully saturated rings. The smallest absolute Gasteiger partial charge is 0.306 e. The summed E-state index contributed by atoms with van der Waals surface area (Å²) in [6, 6.07) is 18.4. The topological polar surface area (TPSA) is 113 Å². The van der Waals surface area contributed by atoms with Crippen LogP contribution in [0.4, 0.5) is 4.39 Å². The van der Waals surface area contributed by atoms with E-state index in [1.54, 1.807) is 59.5 Å². The molecule has 44 heavy (non-hydrogen) atoms. The third-order valence-corrected chi connectivity index (χ3v) is 11.5. The number of amides is 1. The predicted molar refractivity (Wildman–Crippen MR) is 163 cm³/mol. The van der Waals surface area contributed by atoms with Crippen LogP contribution in [0.3, 0.4) is 0 Å². The standard InChI is InChI=1S/C32H31Cl2FN2O6S/c33-22-12-10-20(11-13-22)29-30(21-4-3-5-23(34)16-21)43-27(17-28(38)39)31(40)37(29)26(19-8-9-19)18-36-44(41,42)32(14-15-32)24-6-1-2-7-25(24)35/h1-7,10-13,16,19,26-27,29-30,36H,8-9,14-15,17-18H2,(H,38,39)/t26-,27-,29-,30-/m1/s1. The van der Waals surface area contributed by atoms with E-state index in [-0.39, 0.29) is 30.9 Å². The molecule has 0 bridgehead atoms. The number of carbonyl (C=O) groups is 2. The zero-order chi connectivity index (χ0) is 31.2. The number of rotatable bonds is 11. The molecular formula is C32H31Cl2FN2O6S. The Kier molecular flexibility index (Phi) is 8.49. The van der Waals surface area contributed by atoms with Crippen molar-refractivity contribution in [2.45, 2.75) is 61.1 Å². The lowest BCUT2D eigenvalue weighted by molar-refractivity contribution is -0.184. The predicted octanol–water partition coefficient (Wildman–Crippen LogP) is 6.00. The van der Waals surface area contributed by atoms with E-state index in [0.717, 1.165) is 12.8 Å². The minimum atomic E-state index is -4.06. The number of aliphatic carboxylic acids is 1. The molecule has 6 rings (SSSR count). The summed E-state index contributed by atoms with van der Waals surface area (Å²) in [6.45, 7) is -0.124. The molecule has 3 aromatic carbocycles. The molecule has 2 N–H and O–H groups in total. The fourth-order valence-electron chi connectivity index (χ4n) is 6.30. The molecule has 3 aliphatic rings. The molecule has 8 nitrogen and oxygen atoms in total. The Hall–Kier alpha value is -3.02. The lowest BCUT2D eigenvalue weighted by Crippen LogP contribution is -2.58. The van der Waals surface area contributed by atoms with Gasteiger partial charge in [-0.25, -0.2) is 17.5 Å². The quantitative estimate of drug-likeness (QED) is 0.261. The highest BCUT2D eigenvalue weighted by molar-refractivity contribution is 7.90. The number of morpholine rings is 1. The molecule has 0 radical (unpaired) electrons. The van der Waals surface area contributed by atoms with Crippen molar-refractivity contribution in [3.05, 3.63) is 105 Å². The zero-order valence-electron chi connectivity index (χ0n) is 23.5. The highest BCUT2D eigenvalue weighted by atomic mass is 35.5. The fourth-order valence-corrected chi connectivity index (χ4v) is 8.38. The van der Waals surface area contributed by atoms with E-state index < -0.39 is 63.2 Å². The van der Waals surface area contributed by atoms with Crippen LogP contribution in [-0.4, -0.2) is 49.0 Å². The number of carbonyl (C=O) groups excluding carboxylic acids is 1. The molecule has 0 unspecified atom stereocenters. The number of ether oxygens (including phenoxy) is 1. The van der Waals surface area contributed by atoms with Crippen LogP contribution < -0.4 is 4.72 Å². The van der Waals surface area contributed by atoms with Gasteiger partial charge in [0.15, 0.2) is 0 Å². The number of nitrogens with zero attached hydrogens (tertiary/aromatic N) is 1. The number of nitrogens with one attached hydrogen (secondary N) is 1. The Morgan fingerprint density at radius 2 is 1.73 bits per heavy atom. The van der Waals surface area contributed by atoms with Crippen LogP contribution in [0.1, 0.15) is 60.9 Å². The van der Waals surface area contributed by atoms with Crippen LogP contribution in [0.5, 0.6) is 0 Å². The minimum Gasteiger partial charge on any atom is -0.481 e. The Bertz CT molecular complexity index is 1680. The summed E-state index contributed by atoms with van der Waals surface area (Å²) < 4.78 is 50.0. The van der Waals surface area contributed by atoms with Crippen LogP contribution >= 0.6 is 23.2 Å². The van der Waals surface area contributed by atoms with Crippen LogP contribution in [-0.2, 0) is 29.1 Å². The number of carboxylic acid groups (broad SMARTS) is 1. The van der Waals surface area contributed by atoms with E-state index in [1.807, 2.05) is 0 Å². The number of halogens is 3. The summed E-state index contributed by atoms with van der Waals surface area (Å²) in [5, 5.41) is 10.6. The summed E-state index contributed by atoms with van der Waals surface area (Å²) in [5.74, 6) is -2.37. The van der Waals surface area contributed by atoms with Crippen molar-refractivity contribution < 1.29 is 32.2 Å². The number of sulfonamides is 1. The number of carboxylic acids is 1. The molecule has 2 saturated carbocycles. The molecule has 0 spiro atoms.